The van der Waals surface area contributed by atoms with Crippen LogP contribution in [0.25, 0.3) is 10.9 Å². The van der Waals surface area contributed by atoms with Crippen molar-refractivity contribution < 1.29 is 9.53 Å². The van der Waals surface area contributed by atoms with Gasteiger partial charge in [-0.3, -0.25) is 4.79 Å². The molecular weight excluding hydrogens is 240 g/mol. The molecule has 0 amide bonds. The van der Waals surface area contributed by atoms with E-state index in [1.54, 1.807) is 0 Å². The van der Waals surface area contributed by atoms with Crippen molar-refractivity contribution in [3.05, 3.63) is 30.0 Å². The largest absolute Gasteiger partial charge is 0.356 e. The molecule has 0 N–H and O–H groups in total. The van der Waals surface area contributed by atoms with Gasteiger partial charge in [-0.05, 0) is 43.4 Å². The third-order valence-corrected chi connectivity index (χ3v) is 3.30. The molecule has 3 rings (SSSR count). The quantitative estimate of drug-likeness (QED) is 0.579. The Morgan fingerprint density at radius 3 is 3.16 bits per heavy atom. The second kappa shape index (κ2) is 5.25. The van der Waals surface area contributed by atoms with E-state index in [0.29, 0.717) is 6.29 Å². The summed E-state index contributed by atoms with van der Waals surface area (Å²) in [5, 5.41) is 5.43. The fourth-order valence-electron chi connectivity index (χ4n) is 2.39. The topological polar surface area (TPSA) is 44.1 Å². The molecule has 96 valence electrons. The van der Waals surface area contributed by atoms with Crippen LogP contribution in [-0.4, -0.2) is 22.7 Å². The fourth-order valence-corrected chi connectivity index (χ4v) is 2.39. The molecule has 0 saturated carbocycles. The predicted molar refractivity (Wildman–Crippen MR) is 71.5 cm³/mol. The number of aldehydes is 1. The first-order valence-corrected chi connectivity index (χ1v) is 6.42. The summed E-state index contributed by atoms with van der Waals surface area (Å²) in [5.41, 5.74) is 1.87. The fraction of sp³-hybridized carbons (Fsp3) is 0.333. The van der Waals surface area contributed by atoms with Gasteiger partial charge in [0.15, 0.2) is 12.5 Å². The minimum atomic E-state index is 0.0400. The minimum absolute atomic E-state index is 0.0400. The molecule has 1 aliphatic rings. The normalized spacial score (nSPS) is 18.8. The molecule has 0 spiro atoms. The molecule has 1 aliphatic heterocycles. The summed E-state index contributed by atoms with van der Waals surface area (Å²) in [7, 11) is 0. The first-order chi connectivity index (χ1) is 9.38. The van der Waals surface area contributed by atoms with Gasteiger partial charge in [0, 0.05) is 17.6 Å². The molecule has 2 heterocycles. The number of ether oxygens (including phenoxy) is 1. The summed E-state index contributed by atoms with van der Waals surface area (Å²) >= 11 is 0. The van der Waals surface area contributed by atoms with Crippen molar-refractivity contribution in [1.29, 1.82) is 0 Å². The molecule has 4 nitrogen and oxygen atoms in total. The Hall–Kier alpha value is -2.12. The molecule has 4 heteroatoms. The maximum Gasteiger partial charge on any atom is 0.193 e. The number of fused-ring (bicyclic) bond motifs is 1. The highest BCUT2D eigenvalue weighted by molar-refractivity contribution is 5.81. The van der Waals surface area contributed by atoms with Gasteiger partial charge >= 0.3 is 0 Å². The smallest absolute Gasteiger partial charge is 0.193 e. The molecular formula is C15H14N2O2. The number of hydrogen-bond acceptors (Lipinski definition) is 3. The highest BCUT2D eigenvalue weighted by Crippen LogP contribution is 2.26. The van der Waals surface area contributed by atoms with Crippen molar-refractivity contribution >= 4 is 17.2 Å². The summed E-state index contributed by atoms with van der Waals surface area (Å²) in [4.78, 5) is 10.2. The SMILES string of the molecule is O=CC#Cc1ccc2c(cnn2C2CCCCO2)c1. The Bertz CT molecular complexity index is 658. The molecule has 1 aromatic heterocycles. The lowest BCUT2D eigenvalue weighted by atomic mass is 10.1. The lowest BCUT2D eigenvalue weighted by Crippen LogP contribution is -2.18. The molecule has 1 aromatic carbocycles. The van der Waals surface area contributed by atoms with E-state index >= 15 is 0 Å². The van der Waals surface area contributed by atoms with E-state index in [1.807, 2.05) is 29.1 Å². The molecule has 1 atom stereocenters. The Morgan fingerprint density at radius 1 is 1.42 bits per heavy atom. The Balaban J connectivity index is 1.97. The van der Waals surface area contributed by atoms with Crippen LogP contribution < -0.4 is 0 Å². The zero-order chi connectivity index (χ0) is 13.1. The van der Waals surface area contributed by atoms with Crippen LogP contribution >= 0.6 is 0 Å². The first kappa shape index (κ1) is 11.9. The van der Waals surface area contributed by atoms with Gasteiger partial charge in [0.1, 0.15) is 0 Å². The van der Waals surface area contributed by atoms with E-state index in [-0.39, 0.29) is 6.23 Å². The maximum absolute atomic E-state index is 10.2. The summed E-state index contributed by atoms with van der Waals surface area (Å²) in [5.74, 6) is 5.21. The minimum Gasteiger partial charge on any atom is -0.356 e. The van der Waals surface area contributed by atoms with E-state index in [4.69, 9.17) is 4.74 Å². The zero-order valence-electron chi connectivity index (χ0n) is 10.5. The van der Waals surface area contributed by atoms with E-state index in [0.717, 1.165) is 35.9 Å². The Morgan fingerprint density at radius 2 is 2.37 bits per heavy atom. The van der Waals surface area contributed by atoms with E-state index < -0.39 is 0 Å². The number of carbonyl (C=O) groups excluding carboxylic acids is 1. The van der Waals surface area contributed by atoms with Gasteiger partial charge in [-0.25, -0.2) is 4.68 Å². The summed E-state index contributed by atoms with van der Waals surface area (Å²) in [6, 6.07) is 5.83. The second-order valence-corrected chi connectivity index (χ2v) is 4.57. The van der Waals surface area contributed by atoms with E-state index in [9.17, 15) is 4.79 Å². The van der Waals surface area contributed by atoms with Crippen LogP contribution in [-0.2, 0) is 9.53 Å². The third-order valence-electron chi connectivity index (χ3n) is 3.30. The van der Waals surface area contributed by atoms with Crippen molar-refractivity contribution in [2.24, 2.45) is 0 Å². The number of benzene rings is 1. The predicted octanol–water partition coefficient (Wildman–Crippen LogP) is 2.29. The molecule has 19 heavy (non-hydrogen) atoms. The van der Waals surface area contributed by atoms with Crippen LogP contribution in [0.3, 0.4) is 0 Å². The Labute approximate surface area is 111 Å². The summed E-state index contributed by atoms with van der Waals surface area (Å²) < 4.78 is 7.69. The lowest BCUT2D eigenvalue weighted by Gasteiger charge is -2.23. The third kappa shape index (κ3) is 2.38. The maximum atomic E-state index is 10.2. The summed E-state index contributed by atoms with van der Waals surface area (Å²) in [6.07, 6.45) is 5.76. The van der Waals surface area contributed by atoms with Crippen molar-refractivity contribution in [2.45, 2.75) is 25.5 Å². The van der Waals surface area contributed by atoms with Crippen molar-refractivity contribution in [3.8, 4) is 11.8 Å². The average molecular weight is 254 g/mol. The molecule has 1 fully saturated rings. The van der Waals surface area contributed by atoms with Crippen molar-refractivity contribution in [2.75, 3.05) is 6.61 Å². The van der Waals surface area contributed by atoms with Crippen LogP contribution in [0.5, 0.6) is 0 Å². The lowest BCUT2D eigenvalue weighted by molar-refractivity contribution is -0.103. The molecule has 0 aliphatic carbocycles. The van der Waals surface area contributed by atoms with Gasteiger partial charge in [0.05, 0.1) is 11.7 Å². The molecule has 0 radical (unpaired) electrons. The monoisotopic (exact) mass is 254 g/mol. The number of hydrogen-bond donors (Lipinski definition) is 0. The van der Waals surface area contributed by atoms with Crippen molar-refractivity contribution in [1.82, 2.24) is 9.78 Å². The summed E-state index contributed by atoms with van der Waals surface area (Å²) in [6.45, 7) is 0.801. The van der Waals surface area contributed by atoms with Gasteiger partial charge in [0.2, 0.25) is 0 Å². The molecule has 1 saturated heterocycles. The van der Waals surface area contributed by atoms with Crippen LogP contribution in [0.1, 0.15) is 31.1 Å². The van der Waals surface area contributed by atoms with Gasteiger partial charge in [-0.15, -0.1) is 0 Å². The number of rotatable bonds is 1. The van der Waals surface area contributed by atoms with Crippen LogP contribution in [0.15, 0.2) is 24.4 Å². The van der Waals surface area contributed by atoms with Gasteiger partial charge in [-0.2, -0.15) is 5.10 Å². The zero-order valence-corrected chi connectivity index (χ0v) is 10.5. The van der Waals surface area contributed by atoms with E-state index in [1.165, 1.54) is 6.42 Å². The highest BCUT2D eigenvalue weighted by atomic mass is 16.5. The number of aromatic nitrogens is 2. The standard InChI is InChI=1S/C15H14N2O2/c18-8-3-4-12-6-7-14-13(10-12)11-16-17(14)15-5-1-2-9-19-15/h6-8,10-11,15H,1-2,5,9H2. The van der Waals surface area contributed by atoms with Gasteiger partial charge in [0.25, 0.3) is 0 Å². The van der Waals surface area contributed by atoms with Crippen LogP contribution in [0, 0.1) is 11.8 Å². The van der Waals surface area contributed by atoms with E-state index in [2.05, 4.69) is 16.9 Å². The van der Waals surface area contributed by atoms with Gasteiger partial charge in [-0.1, -0.05) is 5.92 Å². The van der Waals surface area contributed by atoms with Gasteiger partial charge < -0.3 is 4.74 Å². The number of nitrogens with zero attached hydrogens (tertiary/aromatic N) is 2. The first-order valence-electron chi connectivity index (χ1n) is 6.42. The molecule has 1 unspecified atom stereocenters. The Kier molecular flexibility index (Phi) is 3.30. The molecule has 2 aromatic rings. The molecule has 0 bridgehead atoms. The average Bonchev–Trinajstić information content (AvgIpc) is 2.89. The highest BCUT2D eigenvalue weighted by Gasteiger charge is 2.18. The number of carbonyl (C=O) groups is 1. The second-order valence-electron chi connectivity index (χ2n) is 4.57. The van der Waals surface area contributed by atoms with Crippen molar-refractivity contribution in [3.63, 3.8) is 0 Å². The van der Waals surface area contributed by atoms with Crippen LogP contribution in [0.4, 0.5) is 0 Å². The van der Waals surface area contributed by atoms with Crippen LogP contribution in [0.2, 0.25) is 0 Å².